The minimum Gasteiger partial charge on any atom is -0.379 e. The topological polar surface area (TPSA) is 79.0 Å². The fraction of sp³-hybridized carbons (Fsp3) is 0.611. The maximum absolute atomic E-state index is 12.1. The molecule has 7 nitrogen and oxygen atoms in total. The van der Waals surface area contributed by atoms with Crippen molar-refractivity contribution in [1.29, 1.82) is 0 Å². The molecule has 1 aliphatic heterocycles. The van der Waals surface area contributed by atoms with E-state index in [0.717, 1.165) is 56.7 Å². The van der Waals surface area contributed by atoms with Crippen LogP contribution < -0.4 is 5.32 Å². The highest BCUT2D eigenvalue weighted by Gasteiger charge is 2.20. The second-order valence-corrected chi connectivity index (χ2v) is 8.66. The molecular weight excluding hydrogens is 354 g/mol. The molecule has 1 aromatic carbocycles. The van der Waals surface area contributed by atoms with E-state index in [1.54, 1.807) is 0 Å². The number of hydrogen-bond donors (Lipinski definition) is 1. The van der Waals surface area contributed by atoms with E-state index >= 15 is 0 Å². The van der Waals surface area contributed by atoms with Gasteiger partial charge in [0.2, 0.25) is 15.9 Å². The van der Waals surface area contributed by atoms with Gasteiger partial charge in [-0.1, -0.05) is 29.8 Å². The Kier molecular flexibility index (Phi) is 8.02. The third-order valence-electron chi connectivity index (χ3n) is 4.35. The zero-order chi connectivity index (χ0) is 19.0. The number of amides is 1. The number of sulfonamides is 1. The van der Waals surface area contributed by atoms with Crippen LogP contribution in [-0.4, -0.2) is 75.7 Å². The molecule has 0 radical (unpaired) electrons. The molecule has 1 amide bonds. The Labute approximate surface area is 156 Å². The van der Waals surface area contributed by atoms with Crippen molar-refractivity contribution in [3.8, 4) is 0 Å². The SMILES string of the molecule is Cc1ccc(CN(CC(=O)NCCCN2CCOCC2)S(C)(=O)=O)cc1. The van der Waals surface area contributed by atoms with Crippen LogP contribution in [0.3, 0.4) is 0 Å². The van der Waals surface area contributed by atoms with Crippen LogP contribution in [0.1, 0.15) is 17.5 Å². The summed E-state index contributed by atoms with van der Waals surface area (Å²) in [6, 6.07) is 7.63. The number of benzene rings is 1. The van der Waals surface area contributed by atoms with Gasteiger partial charge in [-0.25, -0.2) is 8.42 Å². The molecule has 2 rings (SSSR count). The van der Waals surface area contributed by atoms with Gasteiger partial charge in [0.1, 0.15) is 0 Å². The molecule has 26 heavy (non-hydrogen) atoms. The summed E-state index contributed by atoms with van der Waals surface area (Å²) < 4.78 is 30.5. The van der Waals surface area contributed by atoms with Crippen LogP contribution in [0.15, 0.2) is 24.3 Å². The number of ether oxygens (including phenoxy) is 1. The summed E-state index contributed by atoms with van der Waals surface area (Å²) in [6.45, 7) is 6.82. The summed E-state index contributed by atoms with van der Waals surface area (Å²) in [4.78, 5) is 14.4. The Hall–Kier alpha value is -1.48. The lowest BCUT2D eigenvalue weighted by molar-refractivity contribution is -0.121. The monoisotopic (exact) mass is 383 g/mol. The van der Waals surface area contributed by atoms with Crippen LogP contribution >= 0.6 is 0 Å². The lowest BCUT2D eigenvalue weighted by Gasteiger charge is -2.26. The molecule has 146 valence electrons. The first-order valence-corrected chi connectivity index (χ1v) is 10.8. The van der Waals surface area contributed by atoms with E-state index in [2.05, 4.69) is 10.2 Å². The fourth-order valence-electron chi connectivity index (χ4n) is 2.76. The Balaban J connectivity index is 1.77. The van der Waals surface area contributed by atoms with Gasteiger partial charge in [-0.15, -0.1) is 0 Å². The van der Waals surface area contributed by atoms with Gasteiger partial charge in [-0.05, 0) is 25.5 Å². The summed E-state index contributed by atoms with van der Waals surface area (Å²) >= 11 is 0. The summed E-state index contributed by atoms with van der Waals surface area (Å²) in [7, 11) is -3.47. The molecule has 1 heterocycles. The molecule has 0 saturated carbocycles. The van der Waals surface area contributed by atoms with Crippen molar-refractivity contribution >= 4 is 15.9 Å². The van der Waals surface area contributed by atoms with Crippen molar-refractivity contribution in [2.45, 2.75) is 19.9 Å². The Morgan fingerprint density at radius 1 is 1.23 bits per heavy atom. The molecule has 1 fully saturated rings. The van der Waals surface area contributed by atoms with Crippen LogP contribution in [0.25, 0.3) is 0 Å². The van der Waals surface area contributed by atoms with Gasteiger partial charge < -0.3 is 10.1 Å². The van der Waals surface area contributed by atoms with E-state index in [-0.39, 0.29) is 19.0 Å². The molecule has 1 aromatic rings. The summed E-state index contributed by atoms with van der Waals surface area (Å²) in [5.41, 5.74) is 1.97. The number of hydrogen-bond acceptors (Lipinski definition) is 5. The molecule has 0 bridgehead atoms. The first-order valence-electron chi connectivity index (χ1n) is 8.92. The number of carbonyl (C=O) groups is 1. The zero-order valence-corrected chi connectivity index (χ0v) is 16.4. The standard InChI is InChI=1S/C18H29N3O4S/c1-16-4-6-17(7-5-16)14-21(26(2,23)24)15-18(22)19-8-3-9-20-10-12-25-13-11-20/h4-7H,3,8-15H2,1-2H3,(H,19,22). The molecule has 0 spiro atoms. The van der Waals surface area contributed by atoms with Crippen molar-refractivity contribution in [1.82, 2.24) is 14.5 Å². The van der Waals surface area contributed by atoms with E-state index in [4.69, 9.17) is 4.74 Å². The number of nitrogens with one attached hydrogen (secondary N) is 1. The fourth-order valence-corrected chi connectivity index (χ4v) is 3.49. The van der Waals surface area contributed by atoms with Crippen molar-refractivity contribution in [3.63, 3.8) is 0 Å². The van der Waals surface area contributed by atoms with E-state index in [0.29, 0.717) is 6.54 Å². The predicted octanol–water partition coefficient (Wildman–Crippen LogP) is 0.595. The Morgan fingerprint density at radius 3 is 2.50 bits per heavy atom. The van der Waals surface area contributed by atoms with Crippen molar-refractivity contribution in [2.75, 3.05) is 52.2 Å². The van der Waals surface area contributed by atoms with Gasteiger partial charge in [-0.3, -0.25) is 9.69 Å². The summed E-state index contributed by atoms with van der Waals surface area (Å²) in [5, 5.41) is 2.82. The molecule has 1 N–H and O–H groups in total. The van der Waals surface area contributed by atoms with Crippen LogP contribution in [0, 0.1) is 6.92 Å². The van der Waals surface area contributed by atoms with Gasteiger partial charge >= 0.3 is 0 Å². The van der Waals surface area contributed by atoms with Crippen molar-refractivity contribution in [3.05, 3.63) is 35.4 Å². The Morgan fingerprint density at radius 2 is 1.88 bits per heavy atom. The predicted molar refractivity (Wildman–Crippen MR) is 101 cm³/mol. The van der Waals surface area contributed by atoms with Gasteiger partial charge in [0.05, 0.1) is 26.0 Å². The van der Waals surface area contributed by atoms with E-state index in [1.165, 1.54) is 4.31 Å². The maximum atomic E-state index is 12.1. The van der Waals surface area contributed by atoms with Crippen LogP contribution in [0.5, 0.6) is 0 Å². The third-order valence-corrected chi connectivity index (χ3v) is 5.54. The summed E-state index contributed by atoms with van der Waals surface area (Å²) in [5.74, 6) is -0.274. The largest absolute Gasteiger partial charge is 0.379 e. The number of nitrogens with zero attached hydrogens (tertiary/aromatic N) is 2. The van der Waals surface area contributed by atoms with E-state index in [9.17, 15) is 13.2 Å². The highest BCUT2D eigenvalue weighted by atomic mass is 32.2. The maximum Gasteiger partial charge on any atom is 0.235 e. The molecule has 1 aliphatic rings. The highest BCUT2D eigenvalue weighted by molar-refractivity contribution is 7.88. The zero-order valence-electron chi connectivity index (χ0n) is 15.6. The minimum atomic E-state index is -3.47. The Bertz CT molecular complexity index is 670. The number of aryl methyl sites for hydroxylation is 1. The normalized spacial score (nSPS) is 16.0. The van der Waals surface area contributed by atoms with Crippen LogP contribution in [0.4, 0.5) is 0 Å². The number of rotatable bonds is 9. The summed E-state index contributed by atoms with van der Waals surface area (Å²) in [6.07, 6.45) is 1.97. The molecular formula is C18H29N3O4S. The first kappa shape index (κ1) is 20.8. The van der Waals surface area contributed by atoms with Crippen LogP contribution in [0.2, 0.25) is 0 Å². The first-order chi connectivity index (χ1) is 12.3. The number of morpholine rings is 1. The third kappa shape index (κ3) is 7.41. The average Bonchev–Trinajstić information content (AvgIpc) is 2.60. The highest BCUT2D eigenvalue weighted by Crippen LogP contribution is 2.09. The minimum absolute atomic E-state index is 0.162. The number of carbonyl (C=O) groups excluding carboxylic acids is 1. The quantitative estimate of drug-likeness (QED) is 0.632. The van der Waals surface area contributed by atoms with Gasteiger partial charge in [0, 0.05) is 26.2 Å². The second kappa shape index (κ2) is 10.0. The van der Waals surface area contributed by atoms with Crippen molar-refractivity contribution in [2.24, 2.45) is 0 Å². The molecule has 0 atom stereocenters. The van der Waals surface area contributed by atoms with Crippen LogP contribution in [-0.2, 0) is 26.1 Å². The molecule has 0 aromatic heterocycles. The molecule has 0 unspecified atom stereocenters. The van der Waals surface area contributed by atoms with Gasteiger partial charge in [0.25, 0.3) is 0 Å². The lowest BCUT2D eigenvalue weighted by atomic mass is 10.1. The molecule has 0 aliphatic carbocycles. The van der Waals surface area contributed by atoms with Gasteiger partial charge in [-0.2, -0.15) is 4.31 Å². The smallest absolute Gasteiger partial charge is 0.235 e. The van der Waals surface area contributed by atoms with E-state index < -0.39 is 10.0 Å². The van der Waals surface area contributed by atoms with Crippen molar-refractivity contribution < 1.29 is 17.9 Å². The second-order valence-electron chi connectivity index (χ2n) is 6.67. The average molecular weight is 384 g/mol. The van der Waals surface area contributed by atoms with E-state index in [1.807, 2.05) is 31.2 Å². The van der Waals surface area contributed by atoms with Gasteiger partial charge in [0.15, 0.2) is 0 Å². The molecule has 8 heteroatoms. The molecule has 1 saturated heterocycles. The lowest BCUT2D eigenvalue weighted by Crippen LogP contribution is -2.41.